The van der Waals surface area contributed by atoms with E-state index in [1.165, 1.54) is 6.92 Å². The summed E-state index contributed by atoms with van der Waals surface area (Å²) < 4.78 is 0. The molecule has 0 radical (unpaired) electrons. The van der Waals surface area contributed by atoms with E-state index in [0.717, 1.165) is 48.6 Å². The molecule has 26 heavy (non-hydrogen) atoms. The van der Waals surface area contributed by atoms with Crippen LogP contribution in [0.4, 0.5) is 11.8 Å². The molecule has 7 nitrogen and oxygen atoms in total. The van der Waals surface area contributed by atoms with Crippen molar-refractivity contribution in [1.29, 1.82) is 0 Å². The van der Waals surface area contributed by atoms with Crippen LogP contribution in [0.15, 0.2) is 36.8 Å². The Labute approximate surface area is 151 Å². The molecule has 7 heteroatoms. The molecule has 132 valence electrons. The highest BCUT2D eigenvalue weighted by Crippen LogP contribution is 2.24. The molecule has 0 aliphatic carbocycles. The second-order valence-electron chi connectivity index (χ2n) is 6.41. The van der Waals surface area contributed by atoms with E-state index in [2.05, 4.69) is 35.8 Å². The lowest BCUT2D eigenvalue weighted by Gasteiger charge is -2.35. The van der Waals surface area contributed by atoms with Crippen molar-refractivity contribution in [1.82, 2.24) is 19.9 Å². The lowest BCUT2D eigenvalue weighted by Crippen LogP contribution is -2.47. The number of ketones is 1. The number of nitrogens with zero attached hydrogens (tertiary/aromatic N) is 6. The number of aryl methyl sites for hydroxylation is 1. The van der Waals surface area contributed by atoms with Gasteiger partial charge in [0.25, 0.3) is 0 Å². The van der Waals surface area contributed by atoms with Gasteiger partial charge in [-0.2, -0.15) is 0 Å². The summed E-state index contributed by atoms with van der Waals surface area (Å²) in [6.07, 6.45) is 3.25. The van der Waals surface area contributed by atoms with E-state index in [9.17, 15) is 4.79 Å². The van der Waals surface area contributed by atoms with Gasteiger partial charge >= 0.3 is 0 Å². The van der Waals surface area contributed by atoms with Crippen molar-refractivity contribution < 1.29 is 4.79 Å². The maximum atomic E-state index is 11.5. The number of anilines is 2. The zero-order valence-corrected chi connectivity index (χ0v) is 14.9. The number of fused-ring (bicyclic) bond motifs is 1. The van der Waals surface area contributed by atoms with Crippen molar-refractivity contribution in [2.45, 2.75) is 13.8 Å². The summed E-state index contributed by atoms with van der Waals surface area (Å²) in [6, 6.07) is 8.06. The Morgan fingerprint density at radius 1 is 1.00 bits per heavy atom. The zero-order valence-electron chi connectivity index (χ0n) is 14.9. The van der Waals surface area contributed by atoms with Crippen LogP contribution in [0.1, 0.15) is 23.0 Å². The third-order valence-electron chi connectivity index (χ3n) is 4.73. The molecule has 4 rings (SSSR count). The molecular formula is C19H20N6O. The van der Waals surface area contributed by atoms with Gasteiger partial charge in [0, 0.05) is 37.8 Å². The van der Waals surface area contributed by atoms with E-state index < -0.39 is 0 Å². The van der Waals surface area contributed by atoms with Crippen molar-refractivity contribution in [3.8, 4) is 0 Å². The molecule has 0 bridgehead atoms. The van der Waals surface area contributed by atoms with Gasteiger partial charge in [-0.1, -0.05) is 12.1 Å². The summed E-state index contributed by atoms with van der Waals surface area (Å²) in [7, 11) is 0. The fraction of sp³-hybridized carbons (Fsp3) is 0.316. The first kappa shape index (κ1) is 16.4. The maximum absolute atomic E-state index is 11.5. The average Bonchev–Trinajstić information content (AvgIpc) is 2.67. The minimum atomic E-state index is -0.00508. The van der Waals surface area contributed by atoms with Gasteiger partial charge in [-0.25, -0.2) is 19.9 Å². The van der Waals surface area contributed by atoms with Crippen molar-refractivity contribution in [2.75, 3.05) is 36.0 Å². The Morgan fingerprint density at radius 2 is 1.73 bits per heavy atom. The molecule has 2 aromatic heterocycles. The Kier molecular flexibility index (Phi) is 4.20. The standard InChI is InChI=1S/C19H20N6O/c1-13-16(14(2)26)11-20-19(23-13)25-9-7-24(8-10-25)18-15-5-3-4-6-17(15)21-12-22-18/h3-6,11-12H,7-10H2,1-2H3. The van der Waals surface area contributed by atoms with Gasteiger partial charge in [0.05, 0.1) is 16.8 Å². The largest absolute Gasteiger partial charge is 0.352 e. The van der Waals surface area contributed by atoms with Crippen LogP contribution in [0.3, 0.4) is 0 Å². The first-order chi connectivity index (χ1) is 12.6. The molecule has 0 unspecified atom stereocenters. The fourth-order valence-electron chi connectivity index (χ4n) is 3.31. The van der Waals surface area contributed by atoms with Gasteiger partial charge in [-0.15, -0.1) is 0 Å². The normalized spacial score (nSPS) is 14.7. The van der Waals surface area contributed by atoms with Crippen LogP contribution in [0.5, 0.6) is 0 Å². The third kappa shape index (κ3) is 2.96. The van der Waals surface area contributed by atoms with Crippen molar-refractivity contribution in [2.24, 2.45) is 0 Å². The van der Waals surface area contributed by atoms with E-state index in [4.69, 9.17) is 0 Å². The molecule has 1 aromatic carbocycles. The van der Waals surface area contributed by atoms with E-state index in [1.54, 1.807) is 12.5 Å². The van der Waals surface area contributed by atoms with E-state index >= 15 is 0 Å². The molecule has 0 amide bonds. The van der Waals surface area contributed by atoms with Gasteiger partial charge in [-0.05, 0) is 26.0 Å². The molecule has 0 saturated carbocycles. The van der Waals surface area contributed by atoms with Crippen molar-refractivity contribution >= 4 is 28.5 Å². The predicted octanol–water partition coefficient (Wildman–Crippen LogP) is 2.26. The van der Waals surface area contributed by atoms with Gasteiger partial charge < -0.3 is 9.80 Å². The predicted molar refractivity (Wildman–Crippen MR) is 101 cm³/mol. The van der Waals surface area contributed by atoms with E-state index in [1.807, 2.05) is 25.1 Å². The molecule has 0 atom stereocenters. The number of carbonyl (C=O) groups is 1. The van der Waals surface area contributed by atoms with Gasteiger partial charge in [-0.3, -0.25) is 4.79 Å². The average molecular weight is 348 g/mol. The van der Waals surface area contributed by atoms with Gasteiger partial charge in [0.15, 0.2) is 5.78 Å². The van der Waals surface area contributed by atoms with Crippen molar-refractivity contribution in [3.63, 3.8) is 0 Å². The summed E-state index contributed by atoms with van der Waals surface area (Å²) in [5.74, 6) is 1.65. The number of piperazine rings is 1. The number of aromatic nitrogens is 4. The molecule has 0 spiro atoms. The Bertz CT molecular complexity index is 960. The number of Topliss-reactive ketones (excluding diaryl/α,β-unsaturated/α-hetero) is 1. The number of benzene rings is 1. The van der Waals surface area contributed by atoms with Crippen LogP contribution in [0, 0.1) is 6.92 Å². The molecule has 1 saturated heterocycles. The Morgan fingerprint density at radius 3 is 2.46 bits per heavy atom. The molecule has 1 aliphatic rings. The summed E-state index contributed by atoms with van der Waals surface area (Å²) >= 11 is 0. The topological polar surface area (TPSA) is 75.1 Å². The first-order valence-corrected chi connectivity index (χ1v) is 8.67. The molecule has 0 N–H and O–H groups in total. The maximum Gasteiger partial charge on any atom is 0.225 e. The summed E-state index contributed by atoms with van der Waals surface area (Å²) in [6.45, 7) is 6.66. The van der Waals surface area contributed by atoms with Crippen LogP contribution in [0.25, 0.3) is 10.9 Å². The smallest absolute Gasteiger partial charge is 0.225 e. The van der Waals surface area contributed by atoms with Gasteiger partial charge in [0.1, 0.15) is 12.1 Å². The van der Waals surface area contributed by atoms with E-state index in [-0.39, 0.29) is 5.78 Å². The summed E-state index contributed by atoms with van der Waals surface area (Å²) in [5.41, 5.74) is 2.27. The number of rotatable bonds is 3. The molecule has 1 fully saturated rings. The fourth-order valence-corrected chi connectivity index (χ4v) is 3.31. The molecule has 3 aromatic rings. The molecule has 1 aliphatic heterocycles. The minimum absolute atomic E-state index is 0.00508. The second-order valence-corrected chi connectivity index (χ2v) is 6.41. The SMILES string of the molecule is CC(=O)c1cnc(N2CCN(c3ncnc4ccccc34)CC2)nc1C. The van der Waals surface area contributed by atoms with Crippen LogP contribution in [0.2, 0.25) is 0 Å². The quantitative estimate of drug-likeness (QED) is 0.672. The number of hydrogen-bond acceptors (Lipinski definition) is 7. The number of hydrogen-bond donors (Lipinski definition) is 0. The van der Waals surface area contributed by atoms with Crippen molar-refractivity contribution in [3.05, 3.63) is 48.0 Å². The lowest BCUT2D eigenvalue weighted by molar-refractivity contribution is 0.101. The molecule has 3 heterocycles. The number of para-hydroxylation sites is 1. The monoisotopic (exact) mass is 348 g/mol. The van der Waals surface area contributed by atoms with Crippen LogP contribution < -0.4 is 9.80 Å². The second kappa shape index (κ2) is 6.67. The lowest BCUT2D eigenvalue weighted by atomic mass is 10.2. The Hall–Kier alpha value is -3.09. The number of carbonyl (C=O) groups excluding carboxylic acids is 1. The van der Waals surface area contributed by atoms with Crippen LogP contribution in [-0.4, -0.2) is 51.9 Å². The highest BCUT2D eigenvalue weighted by atomic mass is 16.1. The zero-order chi connectivity index (χ0) is 18.1. The molecular weight excluding hydrogens is 328 g/mol. The minimum Gasteiger partial charge on any atom is -0.352 e. The van der Waals surface area contributed by atoms with Crippen LogP contribution >= 0.6 is 0 Å². The third-order valence-corrected chi connectivity index (χ3v) is 4.73. The summed E-state index contributed by atoms with van der Waals surface area (Å²) in [5, 5.41) is 1.07. The van der Waals surface area contributed by atoms with E-state index in [0.29, 0.717) is 11.5 Å². The van der Waals surface area contributed by atoms with Gasteiger partial charge in [0.2, 0.25) is 5.95 Å². The van der Waals surface area contributed by atoms with Crippen LogP contribution in [-0.2, 0) is 0 Å². The summed E-state index contributed by atoms with van der Waals surface area (Å²) in [4.78, 5) is 33.7. The highest BCUT2D eigenvalue weighted by molar-refractivity contribution is 5.94. The Balaban J connectivity index is 1.52. The first-order valence-electron chi connectivity index (χ1n) is 8.67. The highest BCUT2D eigenvalue weighted by Gasteiger charge is 2.22.